The lowest BCUT2D eigenvalue weighted by Gasteiger charge is -2.45. The van der Waals surface area contributed by atoms with Crippen LogP contribution in [0.3, 0.4) is 0 Å². The summed E-state index contributed by atoms with van der Waals surface area (Å²) in [5.74, 6) is 0.308. The Morgan fingerprint density at radius 1 is 1.03 bits per heavy atom. The van der Waals surface area contributed by atoms with Gasteiger partial charge in [0.25, 0.3) is 0 Å². The minimum absolute atomic E-state index is 0.0216. The second kappa shape index (κ2) is 11.2. The Balaban J connectivity index is 1.84. The Kier molecular flexibility index (Phi) is 7.83. The summed E-state index contributed by atoms with van der Waals surface area (Å²) in [6.07, 6.45) is 2.88. The zero-order chi connectivity index (χ0) is 26.4. The number of rotatable bonds is 8. The third-order valence-corrected chi connectivity index (χ3v) is 7.08. The largest absolute Gasteiger partial charge is 0.490 e. The molecule has 0 fully saturated rings. The average Bonchev–Trinajstić information content (AvgIpc) is 2.93. The van der Waals surface area contributed by atoms with Crippen LogP contribution in [-0.4, -0.2) is 31.2 Å². The molecule has 2 N–H and O–H groups in total. The summed E-state index contributed by atoms with van der Waals surface area (Å²) in [6, 6.07) is 22.4. The summed E-state index contributed by atoms with van der Waals surface area (Å²) in [5.41, 5.74) is 7.78. The van der Waals surface area contributed by atoms with E-state index in [-0.39, 0.29) is 17.2 Å². The Morgan fingerprint density at radius 3 is 2.43 bits per heavy atom. The molecule has 2 aromatic carbocycles. The van der Waals surface area contributed by atoms with E-state index in [1.165, 1.54) is 5.56 Å². The molecule has 4 rings (SSSR count). The molecule has 7 nitrogen and oxygen atoms in total. The maximum Gasteiger partial charge on any atom is 0.191 e. The standard InChI is InChI=1S/C30H31N5O2/c1-3-14-37-26-11-10-22(15-27(26)36-4-2)28-25-18-35(17-21-8-6-5-7-9-21)13-12-23(25)24(16-31)29(34)30(28,19-32)20-33/h5-12,15,25,28H,3-4,13-14,17-18,34H2,1-2H3/t25-,28+/m0/s1. The molecule has 188 valence electrons. The summed E-state index contributed by atoms with van der Waals surface area (Å²) >= 11 is 0. The first-order chi connectivity index (χ1) is 18.0. The fourth-order valence-corrected chi connectivity index (χ4v) is 5.40. The van der Waals surface area contributed by atoms with Crippen LogP contribution >= 0.6 is 0 Å². The maximum absolute atomic E-state index is 10.4. The van der Waals surface area contributed by atoms with Crippen LogP contribution in [0.5, 0.6) is 11.5 Å². The van der Waals surface area contributed by atoms with Gasteiger partial charge in [0, 0.05) is 31.5 Å². The number of nitrogens with two attached hydrogens (primary N) is 1. The van der Waals surface area contributed by atoms with Gasteiger partial charge in [0.05, 0.1) is 36.6 Å². The third-order valence-electron chi connectivity index (χ3n) is 7.08. The van der Waals surface area contributed by atoms with Gasteiger partial charge >= 0.3 is 0 Å². The molecule has 2 aliphatic rings. The molecule has 0 unspecified atom stereocenters. The van der Waals surface area contributed by atoms with E-state index in [2.05, 4.69) is 35.2 Å². The third kappa shape index (κ3) is 4.77. The van der Waals surface area contributed by atoms with E-state index in [9.17, 15) is 15.8 Å². The molecular formula is C30H31N5O2. The molecule has 1 heterocycles. The van der Waals surface area contributed by atoms with Gasteiger partial charge in [-0.2, -0.15) is 15.8 Å². The number of fused-ring (bicyclic) bond motifs is 1. The van der Waals surface area contributed by atoms with Gasteiger partial charge in [-0.25, -0.2) is 0 Å². The fourth-order valence-electron chi connectivity index (χ4n) is 5.40. The minimum atomic E-state index is -1.70. The molecule has 1 aliphatic carbocycles. The van der Waals surface area contributed by atoms with E-state index in [1.807, 2.05) is 56.3 Å². The highest BCUT2D eigenvalue weighted by Gasteiger charge is 2.54. The number of allylic oxidation sites excluding steroid dienone is 2. The van der Waals surface area contributed by atoms with E-state index in [0.717, 1.165) is 24.1 Å². The molecule has 0 radical (unpaired) electrons. The second-order valence-electron chi connectivity index (χ2n) is 9.34. The van der Waals surface area contributed by atoms with E-state index in [4.69, 9.17) is 15.2 Å². The van der Waals surface area contributed by atoms with Crippen molar-refractivity contribution in [2.24, 2.45) is 17.1 Å². The summed E-state index contributed by atoms with van der Waals surface area (Å²) in [4.78, 5) is 2.27. The van der Waals surface area contributed by atoms with Crippen molar-refractivity contribution in [3.05, 3.63) is 82.6 Å². The highest BCUT2D eigenvalue weighted by Crippen LogP contribution is 2.55. The molecule has 37 heavy (non-hydrogen) atoms. The smallest absolute Gasteiger partial charge is 0.191 e. The molecule has 7 heteroatoms. The normalized spacial score (nSPS) is 20.6. The van der Waals surface area contributed by atoms with Crippen molar-refractivity contribution in [3.63, 3.8) is 0 Å². The Bertz CT molecular complexity index is 1310. The molecule has 2 aromatic rings. The van der Waals surface area contributed by atoms with Crippen LogP contribution in [0.25, 0.3) is 0 Å². The van der Waals surface area contributed by atoms with Gasteiger partial charge < -0.3 is 15.2 Å². The van der Waals surface area contributed by atoms with Crippen molar-refractivity contribution in [3.8, 4) is 29.7 Å². The number of hydrogen-bond donors (Lipinski definition) is 1. The van der Waals surface area contributed by atoms with E-state index < -0.39 is 11.3 Å². The predicted octanol–water partition coefficient (Wildman–Crippen LogP) is 4.80. The van der Waals surface area contributed by atoms with Crippen LogP contribution in [-0.2, 0) is 6.54 Å². The van der Waals surface area contributed by atoms with Crippen molar-refractivity contribution in [2.45, 2.75) is 32.7 Å². The quantitative estimate of drug-likeness (QED) is 0.561. The SMILES string of the molecule is CCCOc1ccc([C@@H]2[C@H]3CN(Cc4ccccc4)CC=C3C(C#N)=C(N)C2(C#N)C#N)cc1OCC. The highest BCUT2D eigenvalue weighted by atomic mass is 16.5. The van der Waals surface area contributed by atoms with E-state index in [1.54, 1.807) is 0 Å². The van der Waals surface area contributed by atoms with Crippen molar-refractivity contribution < 1.29 is 9.47 Å². The van der Waals surface area contributed by atoms with Gasteiger partial charge in [-0.15, -0.1) is 0 Å². The van der Waals surface area contributed by atoms with Crippen LogP contribution in [0.1, 0.15) is 37.3 Å². The minimum Gasteiger partial charge on any atom is -0.490 e. The average molecular weight is 494 g/mol. The second-order valence-corrected chi connectivity index (χ2v) is 9.34. The Labute approximate surface area is 218 Å². The van der Waals surface area contributed by atoms with Gasteiger partial charge in [0.15, 0.2) is 16.9 Å². The van der Waals surface area contributed by atoms with Crippen molar-refractivity contribution in [1.82, 2.24) is 4.90 Å². The maximum atomic E-state index is 10.4. The van der Waals surface area contributed by atoms with Crippen molar-refractivity contribution >= 4 is 0 Å². The highest BCUT2D eigenvalue weighted by molar-refractivity contribution is 5.60. The summed E-state index contributed by atoms with van der Waals surface area (Å²) in [6.45, 7) is 6.86. The summed E-state index contributed by atoms with van der Waals surface area (Å²) in [7, 11) is 0. The Hall–Kier alpha value is -4.25. The summed E-state index contributed by atoms with van der Waals surface area (Å²) in [5, 5.41) is 30.8. The lowest BCUT2D eigenvalue weighted by Crippen LogP contribution is -2.47. The first-order valence-electron chi connectivity index (χ1n) is 12.6. The fraction of sp³-hybridized carbons (Fsp3) is 0.367. The molecule has 2 atom stereocenters. The zero-order valence-corrected chi connectivity index (χ0v) is 21.3. The molecule has 0 saturated heterocycles. The van der Waals surface area contributed by atoms with E-state index >= 15 is 0 Å². The lowest BCUT2D eigenvalue weighted by atomic mass is 9.58. The predicted molar refractivity (Wildman–Crippen MR) is 140 cm³/mol. The van der Waals surface area contributed by atoms with Crippen LogP contribution < -0.4 is 15.2 Å². The molecule has 0 saturated carbocycles. The molecule has 0 aromatic heterocycles. The van der Waals surface area contributed by atoms with Crippen molar-refractivity contribution in [1.29, 1.82) is 15.8 Å². The molecule has 1 aliphatic heterocycles. The molecule has 0 amide bonds. The number of ether oxygens (including phenoxy) is 2. The number of nitrogens with zero attached hydrogens (tertiary/aromatic N) is 4. The first-order valence-corrected chi connectivity index (χ1v) is 12.6. The van der Waals surface area contributed by atoms with Crippen molar-refractivity contribution in [2.75, 3.05) is 26.3 Å². The van der Waals surface area contributed by atoms with Gasteiger partial charge in [-0.1, -0.05) is 49.4 Å². The van der Waals surface area contributed by atoms with Crippen LogP contribution in [0.2, 0.25) is 0 Å². The molecule has 0 bridgehead atoms. The summed E-state index contributed by atoms with van der Waals surface area (Å²) < 4.78 is 11.8. The number of benzene rings is 2. The lowest BCUT2D eigenvalue weighted by molar-refractivity contribution is 0.200. The number of hydrogen-bond acceptors (Lipinski definition) is 7. The van der Waals surface area contributed by atoms with Gasteiger partial charge in [0.2, 0.25) is 0 Å². The topological polar surface area (TPSA) is 119 Å². The Morgan fingerprint density at radius 2 is 1.78 bits per heavy atom. The first kappa shape index (κ1) is 25.8. The van der Waals surface area contributed by atoms with Crippen LogP contribution in [0, 0.1) is 45.3 Å². The van der Waals surface area contributed by atoms with Gasteiger partial charge in [-0.3, -0.25) is 4.90 Å². The van der Waals surface area contributed by atoms with Gasteiger partial charge in [-0.05, 0) is 42.2 Å². The zero-order valence-electron chi connectivity index (χ0n) is 21.3. The number of nitriles is 3. The van der Waals surface area contributed by atoms with E-state index in [0.29, 0.717) is 37.8 Å². The van der Waals surface area contributed by atoms with Crippen LogP contribution in [0.4, 0.5) is 0 Å². The monoisotopic (exact) mass is 493 g/mol. The van der Waals surface area contributed by atoms with Gasteiger partial charge in [0.1, 0.15) is 6.07 Å². The molecular weight excluding hydrogens is 462 g/mol. The van der Waals surface area contributed by atoms with Crippen LogP contribution in [0.15, 0.2) is 71.5 Å². The molecule has 0 spiro atoms.